The van der Waals surface area contributed by atoms with Crippen LogP contribution >= 0.6 is 0 Å². The van der Waals surface area contributed by atoms with E-state index in [1.54, 1.807) is 0 Å². The summed E-state index contributed by atoms with van der Waals surface area (Å²) >= 11 is 0. The van der Waals surface area contributed by atoms with Gasteiger partial charge in [-0.15, -0.1) is 17.9 Å². The van der Waals surface area contributed by atoms with Gasteiger partial charge in [-0.25, -0.2) is 5.73 Å². The zero-order valence-corrected chi connectivity index (χ0v) is 10.1. The third-order valence-corrected chi connectivity index (χ3v) is 1.59. The molecule has 0 fully saturated rings. The van der Waals surface area contributed by atoms with E-state index in [9.17, 15) is 9.90 Å². The normalized spacial score (nSPS) is 10.6. The molecular formula is C14H5FeO3. The monoisotopic (exact) mass is 277 g/mol. The number of allylic oxidation sites excluding steroid dienone is 4. The number of hydrogen-bond acceptors (Lipinski definition) is 2. The van der Waals surface area contributed by atoms with E-state index in [2.05, 4.69) is 53.0 Å². The van der Waals surface area contributed by atoms with Crippen LogP contribution in [0.25, 0.3) is 0 Å². The Morgan fingerprint density at radius 2 is 1.89 bits per heavy atom. The molecule has 2 rings (SSSR count). The summed E-state index contributed by atoms with van der Waals surface area (Å²) in [5, 5.41) is 19.3. The fourth-order valence-electron chi connectivity index (χ4n) is 0.860. The van der Waals surface area contributed by atoms with Gasteiger partial charge in [-0.2, -0.15) is 0 Å². The zero-order chi connectivity index (χ0) is 12.5. The molecule has 0 amide bonds. The molecule has 0 heterocycles. The van der Waals surface area contributed by atoms with Gasteiger partial charge in [0.25, 0.3) is 0 Å². The topological polar surface area (TPSA) is 60.4 Å². The summed E-state index contributed by atoms with van der Waals surface area (Å²) in [5.41, 5.74) is 7.73. The average molecular weight is 277 g/mol. The Hall–Kier alpha value is -2.27. The van der Waals surface area contributed by atoms with Gasteiger partial charge in [0.05, 0.1) is 5.57 Å². The number of carboxylic acids is 1. The summed E-state index contributed by atoms with van der Waals surface area (Å²) < 4.78 is 0. The fourth-order valence-corrected chi connectivity index (χ4v) is 0.860. The van der Waals surface area contributed by atoms with Gasteiger partial charge in [-0.3, -0.25) is 16.3 Å². The molecule has 2 aliphatic carbocycles. The molecule has 1 radical (unpaired) electrons. The van der Waals surface area contributed by atoms with E-state index >= 15 is 0 Å². The summed E-state index contributed by atoms with van der Waals surface area (Å²) in [6.45, 7) is 0. The van der Waals surface area contributed by atoms with Gasteiger partial charge in [0.1, 0.15) is 0 Å². The smallest absolute Gasteiger partial charge is 0.874 e. The Bertz CT molecular complexity index is 575. The molecule has 0 aromatic carbocycles. The first kappa shape index (κ1) is 15.7. The first-order chi connectivity index (χ1) is 8.20. The molecule has 0 saturated heterocycles. The van der Waals surface area contributed by atoms with Crippen molar-refractivity contribution in [3.8, 4) is 23.7 Å². The van der Waals surface area contributed by atoms with Crippen molar-refractivity contribution in [3.05, 3.63) is 40.7 Å². The zero-order valence-electron chi connectivity index (χ0n) is 9.03. The molecule has 0 spiro atoms. The maximum absolute atomic E-state index is 11.0. The van der Waals surface area contributed by atoms with Crippen LogP contribution in [0, 0.1) is 35.8 Å². The van der Waals surface area contributed by atoms with Crippen molar-refractivity contribution < 1.29 is 32.1 Å². The molecule has 0 saturated carbocycles. The van der Waals surface area contributed by atoms with E-state index in [0.717, 1.165) is 0 Å². The molecule has 0 atom stereocenters. The van der Waals surface area contributed by atoms with Crippen LogP contribution in [0.2, 0.25) is 0 Å². The molecule has 0 aromatic rings. The van der Waals surface area contributed by atoms with Crippen LogP contribution in [0.5, 0.6) is 0 Å². The molecule has 4 heteroatoms. The van der Waals surface area contributed by atoms with E-state index in [1.165, 1.54) is 0 Å². The number of rotatable bonds is 3. The van der Waals surface area contributed by atoms with E-state index in [0.29, 0.717) is 0 Å². The largest absolute Gasteiger partial charge is 2.00 e. The molecule has 0 aromatic heterocycles. The maximum atomic E-state index is 11.0. The third-order valence-electron chi connectivity index (χ3n) is 1.59. The molecule has 0 aliphatic heterocycles. The minimum absolute atomic E-state index is 0. The van der Waals surface area contributed by atoms with Crippen LogP contribution in [-0.2, 0) is 21.9 Å². The van der Waals surface area contributed by atoms with E-state index in [4.69, 9.17) is 5.11 Å². The van der Waals surface area contributed by atoms with Crippen LogP contribution in [0.3, 0.4) is 0 Å². The molecule has 18 heavy (non-hydrogen) atoms. The van der Waals surface area contributed by atoms with Crippen LogP contribution in [0.15, 0.2) is 28.5 Å². The summed E-state index contributed by atoms with van der Waals surface area (Å²) in [7, 11) is 0. The Morgan fingerprint density at radius 1 is 1.22 bits per heavy atom. The van der Waals surface area contributed by atoms with Crippen molar-refractivity contribution >= 4 is 5.97 Å². The van der Waals surface area contributed by atoms with Crippen molar-refractivity contribution in [2.24, 2.45) is 0 Å². The van der Waals surface area contributed by atoms with E-state index in [-0.39, 0.29) is 41.2 Å². The summed E-state index contributed by atoms with van der Waals surface area (Å²) in [6, 6.07) is 0. The van der Waals surface area contributed by atoms with Crippen LogP contribution in [0.1, 0.15) is 12.8 Å². The van der Waals surface area contributed by atoms with Gasteiger partial charge in [0, 0.05) is 6.42 Å². The maximum Gasteiger partial charge on any atom is 2.00 e. The summed E-state index contributed by atoms with van der Waals surface area (Å²) in [5.74, 6) is 8.55. The van der Waals surface area contributed by atoms with Crippen LogP contribution < -0.4 is 5.11 Å². The SMILES string of the molecule is O=C(O)CCC([O-])=C1C#CC#C1.[C]1=C=C=C=[C-]1.[Fe+2]. The standard InChI is InChI=1S/C9H6O3.C5.Fe/c10-8(5-6-9(11)12)7-3-1-2-4-7;1-2-4-5-3-1;/h10H,5-6H2,(H,11,12);;/q;-1;+2/p-1. The first-order valence-electron chi connectivity index (χ1n) is 4.59. The third kappa shape index (κ3) is 6.34. The predicted octanol–water partition coefficient (Wildman–Crippen LogP) is 0.111. The Kier molecular flexibility index (Phi) is 7.72. The minimum atomic E-state index is -0.983. The van der Waals surface area contributed by atoms with Crippen LogP contribution in [0.4, 0.5) is 0 Å². The average Bonchev–Trinajstić information content (AvgIpc) is 2.99. The molecular weight excluding hydrogens is 272 g/mol. The van der Waals surface area contributed by atoms with Gasteiger partial charge in [-0.1, -0.05) is 0 Å². The molecule has 87 valence electrons. The molecule has 0 bridgehead atoms. The number of hydrogen-bond donors (Lipinski definition) is 1. The number of carboxylic acid groups (broad SMARTS) is 1. The van der Waals surface area contributed by atoms with Crippen molar-refractivity contribution in [1.82, 2.24) is 0 Å². The van der Waals surface area contributed by atoms with Crippen molar-refractivity contribution in [3.63, 3.8) is 0 Å². The molecule has 3 nitrogen and oxygen atoms in total. The molecule has 2 aliphatic rings. The van der Waals surface area contributed by atoms with Gasteiger partial charge in [0.15, 0.2) is 0 Å². The Morgan fingerprint density at radius 3 is 2.28 bits per heavy atom. The van der Waals surface area contributed by atoms with E-state index in [1.807, 2.05) is 0 Å². The Balaban J connectivity index is 0.000000405. The number of carbonyl (C=O) groups is 1. The predicted molar refractivity (Wildman–Crippen MR) is 56.5 cm³/mol. The summed E-state index contributed by atoms with van der Waals surface area (Å²) in [4.78, 5) is 10.1. The first-order valence-corrected chi connectivity index (χ1v) is 4.59. The molecule has 1 N–H and O–H groups in total. The van der Waals surface area contributed by atoms with Crippen molar-refractivity contribution in [1.29, 1.82) is 0 Å². The fraction of sp³-hybridized carbons (Fsp3) is 0.143. The van der Waals surface area contributed by atoms with E-state index < -0.39 is 5.97 Å². The second-order valence-electron chi connectivity index (χ2n) is 2.82. The number of aliphatic carboxylic acids is 1. The van der Waals surface area contributed by atoms with Gasteiger partial charge >= 0.3 is 23.0 Å². The Labute approximate surface area is 115 Å². The van der Waals surface area contributed by atoms with Gasteiger partial charge in [0.2, 0.25) is 0 Å². The van der Waals surface area contributed by atoms with Crippen molar-refractivity contribution in [2.75, 3.05) is 0 Å². The second kappa shape index (κ2) is 8.83. The van der Waals surface area contributed by atoms with Crippen molar-refractivity contribution in [2.45, 2.75) is 12.8 Å². The molecule has 0 unspecified atom stereocenters. The summed E-state index contributed by atoms with van der Waals surface area (Å²) in [6.07, 6.45) is 4.82. The van der Waals surface area contributed by atoms with Gasteiger partial charge < -0.3 is 10.2 Å². The van der Waals surface area contributed by atoms with Crippen LogP contribution in [-0.4, -0.2) is 11.1 Å². The van der Waals surface area contributed by atoms with Gasteiger partial charge in [-0.05, 0) is 30.1 Å². The second-order valence-corrected chi connectivity index (χ2v) is 2.82. The quantitative estimate of drug-likeness (QED) is 0.262. The minimum Gasteiger partial charge on any atom is -0.874 e.